The Labute approximate surface area is 162 Å². The first kappa shape index (κ1) is 17.9. The first-order valence-corrected chi connectivity index (χ1v) is 9.25. The first-order chi connectivity index (χ1) is 13.6. The van der Waals surface area contributed by atoms with Crippen molar-refractivity contribution in [2.24, 2.45) is 0 Å². The number of amides is 1. The highest BCUT2D eigenvalue weighted by Crippen LogP contribution is 2.24. The second-order valence-electron chi connectivity index (χ2n) is 6.78. The van der Waals surface area contributed by atoms with E-state index < -0.39 is 0 Å². The van der Waals surface area contributed by atoms with E-state index in [0.717, 1.165) is 18.7 Å². The second-order valence-corrected chi connectivity index (χ2v) is 6.78. The van der Waals surface area contributed by atoms with Crippen molar-refractivity contribution in [3.63, 3.8) is 0 Å². The van der Waals surface area contributed by atoms with Crippen molar-refractivity contribution in [1.29, 1.82) is 0 Å². The summed E-state index contributed by atoms with van der Waals surface area (Å²) in [6.07, 6.45) is 13.1. The fourth-order valence-electron chi connectivity index (χ4n) is 3.16. The highest BCUT2D eigenvalue weighted by Gasteiger charge is 2.21. The summed E-state index contributed by atoms with van der Waals surface area (Å²) < 4.78 is 5.75. The number of rotatable bonds is 7. The maximum atomic E-state index is 12.8. The standard InChI is InChI=1S/C19H22N8O/c1-14(2)27-15(4-6-23-27)18-24-17(16-12-20-8-11-26(16)18)19(28)22-5-3-9-25-10-7-21-13-25/h4,6-8,10-14H,3,5,9H2,1-2H3,(H,22,28). The van der Waals surface area contributed by atoms with Crippen LogP contribution in [0.5, 0.6) is 0 Å². The van der Waals surface area contributed by atoms with Gasteiger partial charge in [-0.2, -0.15) is 5.10 Å². The Bertz CT molecular complexity index is 1080. The molecule has 1 amide bonds. The van der Waals surface area contributed by atoms with Crippen LogP contribution >= 0.6 is 0 Å². The molecule has 0 aliphatic rings. The molecule has 0 fully saturated rings. The molecule has 0 radical (unpaired) electrons. The summed E-state index contributed by atoms with van der Waals surface area (Å²) in [6, 6.07) is 2.08. The van der Waals surface area contributed by atoms with E-state index in [4.69, 9.17) is 0 Å². The lowest BCUT2D eigenvalue weighted by molar-refractivity contribution is 0.0950. The lowest BCUT2D eigenvalue weighted by atomic mass is 10.3. The predicted molar refractivity (Wildman–Crippen MR) is 104 cm³/mol. The number of aromatic nitrogens is 7. The maximum absolute atomic E-state index is 12.8. The van der Waals surface area contributed by atoms with Crippen LogP contribution in [0.2, 0.25) is 0 Å². The number of aryl methyl sites for hydroxylation is 1. The maximum Gasteiger partial charge on any atom is 0.272 e. The van der Waals surface area contributed by atoms with E-state index in [1.54, 1.807) is 31.1 Å². The number of nitrogens with one attached hydrogen (secondary N) is 1. The minimum absolute atomic E-state index is 0.180. The third-order valence-electron chi connectivity index (χ3n) is 4.49. The summed E-state index contributed by atoms with van der Waals surface area (Å²) in [4.78, 5) is 25.6. The van der Waals surface area contributed by atoms with Gasteiger partial charge in [-0.1, -0.05) is 0 Å². The molecule has 4 aromatic heterocycles. The molecule has 0 aliphatic heterocycles. The molecule has 0 bridgehead atoms. The highest BCUT2D eigenvalue weighted by atomic mass is 16.1. The molecular weight excluding hydrogens is 356 g/mol. The van der Waals surface area contributed by atoms with E-state index in [0.29, 0.717) is 23.6 Å². The van der Waals surface area contributed by atoms with Gasteiger partial charge in [0.05, 0.1) is 18.0 Å². The number of imidazole rings is 2. The molecule has 0 aliphatic carbocycles. The van der Waals surface area contributed by atoms with Crippen LogP contribution < -0.4 is 5.32 Å². The molecule has 4 aromatic rings. The highest BCUT2D eigenvalue weighted by molar-refractivity contribution is 5.99. The third-order valence-corrected chi connectivity index (χ3v) is 4.49. The van der Waals surface area contributed by atoms with Gasteiger partial charge in [0.25, 0.3) is 5.91 Å². The summed E-state index contributed by atoms with van der Waals surface area (Å²) in [6.45, 7) is 5.46. The SMILES string of the molecule is CC(C)n1nccc1-c1nc(C(=O)NCCCn2ccnc2)c2cnccn12. The number of hydrogen-bond acceptors (Lipinski definition) is 5. The number of fused-ring (bicyclic) bond motifs is 1. The van der Waals surface area contributed by atoms with E-state index in [-0.39, 0.29) is 11.9 Å². The molecule has 0 saturated heterocycles. The molecule has 9 nitrogen and oxygen atoms in total. The minimum Gasteiger partial charge on any atom is -0.351 e. The third kappa shape index (κ3) is 3.38. The van der Waals surface area contributed by atoms with Crippen LogP contribution in [0, 0.1) is 0 Å². The molecule has 9 heteroatoms. The lowest BCUT2D eigenvalue weighted by Crippen LogP contribution is -2.25. The summed E-state index contributed by atoms with van der Waals surface area (Å²) >= 11 is 0. The van der Waals surface area contributed by atoms with E-state index in [2.05, 4.69) is 39.2 Å². The van der Waals surface area contributed by atoms with Gasteiger partial charge in [0.1, 0.15) is 5.69 Å². The summed E-state index contributed by atoms with van der Waals surface area (Å²) in [7, 11) is 0. The van der Waals surface area contributed by atoms with Crippen LogP contribution in [0.4, 0.5) is 0 Å². The molecular formula is C19H22N8O. The minimum atomic E-state index is -0.210. The van der Waals surface area contributed by atoms with E-state index in [1.807, 2.05) is 32.1 Å². The Kier molecular flexibility index (Phi) is 4.88. The van der Waals surface area contributed by atoms with E-state index >= 15 is 0 Å². The quantitative estimate of drug-likeness (QED) is 0.498. The Morgan fingerprint density at radius 2 is 2.04 bits per heavy atom. The van der Waals surface area contributed by atoms with Crippen LogP contribution in [-0.4, -0.2) is 46.2 Å². The molecule has 4 rings (SSSR count). The van der Waals surface area contributed by atoms with E-state index in [1.165, 1.54) is 0 Å². The summed E-state index contributed by atoms with van der Waals surface area (Å²) in [5, 5.41) is 7.33. The van der Waals surface area contributed by atoms with Crippen molar-refractivity contribution in [1.82, 2.24) is 39.0 Å². The molecule has 0 aromatic carbocycles. The number of carbonyl (C=O) groups excluding carboxylic acids is 1. The monoisotopic (exact) mass is 378 g/mol. The van der Waals surface area contributed by atoms with Gasteiger partial charge < -0.3 is 9.88 Å². The normalized spacial score (nSPS) is 11.4. The van der Waals surface area contributed by atoms with Gasteiger partial charge in [0.2, 0.25) is 0 Å². The Hall–Kier alpha value is -3.49. The van der Waals surface area contributed by atoms with E-state index in [9.17, 15) is 4.79 Å². The van der Waals surface area contributed by atoms with Gasteiger partial charge in [-0.25, -0.2) is 9.97 Å². The zero-order valence-electron chi connectivity index (χ0n) is 15.9. The Balaban J connectivity index is 1.57. The zero-order chi connectivity index (χ0) is 19.5. The molecule has 28 heavy (non-hydrogen) atoms. The second kappa shape index (κ2) is 7.63. The van der Waals surface area contributed by atoms with Gasteiger partial charge >= 0.3 is 0 Å². The number of carbonyl (C=O) groups is 1. The van der Waals surface area contributed by atoms with Gasteiger partial charge in [-0.15, -0.1) is 0 Å². The molecule has 144 valence electrons. The van der Waals surface area contributed by atoms with Crippen molar-refractivity contribution in [3.8, 4) is 11.5 Å². The molecule has 0 saturated carbocycles. The molecule has 1 N–H and O–H groups in total. The molecule has 0 spiro atoms. The Morgan fingerprint density at radius 1 is 1.18 bits per heavy atom. The van der Waals surface area contributed by atoms with Crippen molar-refractivity contribution in [2.75, 3.05) is 6.54 Å². The van der Waals surface area contributed by atoms with Crippen molar-refractivity contribution >= 4 is 11.4 Å². The molecule has 0 atom stereocenters. The first-order valence-electron chi connectivity index (χ1n) is 9.25. The van der Waals surface area contributed by atoms with Crippen molar-refractivity contribution in [3.05, 3.63) is 55.3 Å². The van der Waals surface area contributed by atoms with Crippen molar-refractivity contribution < 1.29 is 4.79 Å². The summed E-state index contributed by atoms with van der Waals surface area (Å²) in [5.74, 6) is 0.463. The van der Waals surface area contributed by atoms with Crippen LogP contribution in [0.3, 0.4) is 0 Å². The Morgan fingerprint density at radius 3 is 2.82 bits per heavy atom. The smallest absolute Gasteiger partial charge is 0.272 e. The van der Waals surface area contributed by atoms with Crippen molar-refractivity contribution in [2.45, 2.75) is 32.9 Å². The zero-order valence-corrected chi connectivity index (χ0v) is 15.9. The lowest BCUT2D eigenvalue weighted by Gasteiger charge is -2.09. The average molecular weight is 378 g/mol. The largest absolute Gasteiger partial charge is 0.351 e. The predicted octanol–water partition coefficient (Wildman–Crippen LogP) is 2.19. The number of hydrogen-bond donors (Lipinski definition) is 1. The molecule has 0 unspecified atom stereocenters. The van der Waals surface area contributed by atoms with Crippen LogP contribution in [0.15, 0.2) is 49.6 Å². The van der Waals surface area contributed by atoms with Crippen LogP contribution in [0.25, 0.3) is 17.0 Å². The van der Waals surface area contributed by atoms with Gasteiger partial charge in [-0.3, -0.25) is 18.9 Å². The van der Waals surface area contributed by atoms with Crippen LogP contribution in [-0.2, 0) is 6.54 Å². The number of nitrogens with zero attached hydrogens (tertiary/aromatic N) is 7. The van der Waals surface area contributed by atoms with Gasteiger partial charge in [0, 0.05) is 50.1 Å². The van der Waals surface area contributed by atoms with Gasteiger partial charge in [-0.05, 0) is 26.3 Å². The summed E-state index contributed by atoms with van der Waals surface area (Å²) in [5.41, 5.74) is 1.89. The molecule has 4 heterocycles. The van der Waals surface area contributed by atoms with Gasteiger partial charge in [0.15, 0.2) is 11.5 Å². The van der Waals surface area contributed by atoms with Crippen LogP contribution in [0.1, 0.15) is 36.8 Å². The topological polar surface area (TPSA) is 94.9 Å². The fourth-order valence-corrected chi connectivity index (χ4v) is 3.16. The average Bonchev–Trinajstić information content (AvgIpc) is 3.43. The fraction of sp³-hybridized carbons (Fsp3) is 0.316.